The first-order valence-corrected chi connectivity index (χ1v) is 11.8. The summed E-state index contributed by atoms with van der Waals surface area (Å²) in [6, 6.07) is 21.7. The largest absolute Gasteiger partial charge is 0.407 e. The van der Waals surface area contributed by atoms with Gasteiger partial charge in [-0.3, -0.25) is 0 Å². The number of rotatable bonds is 8. The number of unbranched alkanes of at least 4 members (excludes halogenated alkanes) is 2. The van der Waals surface area contributed by atoms with E-state index in [0.29, 0.717) is 0 Å². The predicted octanol–water partition coefficient (Wildman–Crippen LogP) is 5.64. The van der Waals surface area contributed by atoms with Gasteiger partial charge in [0, 0.05) is 6.61 Å². The number of hydrogen-bond acceptors (Lipinski definition) is 1. The molecule has 2 aromatic rings. The van der Waals surface area contributed by atoms with Gasteiger partial charge in [0.1, 0.15) is 0 Å². The molecule has 1 nitrogen and oxygen atoms in total. The van der Waals surface area contributed by atoms with E-state index in [0.717, 1.165) is 25.9 Å². The third-order valence-electron chi connectivity index (χ3n) is 4.59. The van der Waals surface area contributed by atoms with Crippen molar-refractivity contribution in [3.63, 3.8) is 0 Å². The molecule has 2 aromatic carbocycles. The van der Waals surface area contributed by atoms with Gasteiger partial charge in [0.2, 0.25) is 0 Å². The van der Waals surface area contributed by atoms with E-state index in [1.54, 1.807) is 0 Å². The second-order valence-electron chi connectivity index (χ2n) is 7.37. The molecule has 0 amide bonds. The van der Waals surface area contributed by atoms with Gasteiger partial charge in [-0.25, -0.2) is 0 Å². The Morgan fingerprint density at radius 3 is 1.84 bits per heavy atom. The maximum Gasteiger partial charge on any atom is 0.261 e. The Labute approximate surface area is 162 Å². The van der Waals surface area contributed by atoms with Crippen molar-refractivity contribution >= 4 is 34.6 Å². The molecule has 0 aliphatic heterocycles. The molecule has 3 heteroatoms. The molecule has 0 N–H and O–H groups in total. The van der Waals surface area contributed by atoms with Crippen molar-refractivity contribution in [2.75, 3.05) is 6.61 Å². The number of halogens is 1. The Hall–Kier alpha value is -1.16. The summed E-state index contributed by atoms with van der Waals surface area (Å²) in [5.74, 6) is 0. The van der Waals surface area contributed by atoms with Crippen LogP contribution in [-0.2, 0) is 4.43 Å². The minimum atomic E-state index is -2.35. The van der Waals surface area contributed by atoms with E-state index >= 15 is 0 Å². The molecule has 0 unspecified atom stereocenters. The molecule has 0 spiro atoms. The number of benzene rings is 2. The van der Waals surface area contributed by atoms with E-state index in [2.05, 4.69) is 103 Å². The minimum Gasteiger partial charge on any atom is -0.407 e. The Balaban J connectivity index is 2.36. The van der Waals surface area contributed by atoms with Gasteiger partial charge >= 0.3 is 0 Å². The lowest BCUT2D eigenvalue weighted by atomic mass is 10.2. The van der Waals surface area contributed by atoms with Gasteiger partial charge in [0.15, 0.2) is 0 Å². The van der Waals surface area contributed by atoms with Crippen molar-refractivity contribution in [3.8, 4) is 0 Å². The molecule has 0 bridgehead atoms. The van der Waals surface area contributed by atoms with E-state index < -0.39 is 8.32 Å². The molecule has 0 saturated heterocycles. The highest BCUT2D eigenvalue weighted by Crippen LogP contribution is 2.36. The maximum atomic E-state index is 6.85. The monoisotopic (exact) mass is 416 g/mol. The fourth-order valence-electron chi connectivity index (χ4n) is 3.41. The van der Waals surface area contributed by atoms with Crippen LogP contribution in [0.15, 0.2) is 71.7 Å². The quantitative estimate of drug-likeness (QED) is 0.399. The fourth-order valence-corrected chi connectivity index (χ4v) is 8.28. The van der Waals surface area contributed by atoms with Crippen LogP contribution in [0.2, 0.25) is 5.04 Å². The molecule has 0 aliphatic carbocycles. The molecule has 25 heavy (non-hydrogen) atoms. The smallest absolute Gasteiger partial charge is 0.261 e. The summed E-state index contributed by atoms with van der Waals surface area (Å²) in [6.07, 6.45) is 5.49. The van der Waals surface area contributed by atoms with Crippen molar-refractivity contribution in [2.24, 2.45) is 0 Å². The van der Waals surface area contributed by atoms with Crippen molar-refractivity contribution < 1.29 is 4.43 Å². The molecule has 0 aromatic heterocycles. The van der Waals surface area contributed by atoms with E-state index in [-0.39, 0.29) is 5.04 Å². The Bertz CT molecular complexity index is 607. The summed E-state index contributed by atoms with van der Waals surface area (Å²) < 4.78 is 6.85. The summed E-state index contributed by atoms with van der Waals surface area (Å²) >= 11 is 3.33. The van der Waals surface area contributed by atoms with Gasteiger partial charge in [-0.2, -0.15) is 0 Å². The lowest BCUT2D eigenvalue weighted by Crippen LogP contribution is -2.66. The summed E-state index contributed by atoms with van der Waals surface area (Å²) in [5, 5.41) is 2.77. The lowest BCUT2D eigenvalue weighted by molar-refractivity contribution is 0.289. The van der Waals surface area contributed by atoms with Crippen LogP contribution in [0.25, 0.3) is 0 Å². The van der Waals surface area contributed by atoms with Crippen LogP contribution < -0.4 is 10.4 Å². The number of allylic oxidation sites excluding steroid dienone is 1. The normalized spacial score (nSPS) is 12.6. The second-order valence-corrected chi connectivity index (χ2v) is 12.2. The molecule has 2 rings (SSSR count). The van der Waals surface area contributed by atoms with Crippen LogP contribution in [0.1, 0.15) is 40.0 Å². The summed E-state index contributed by atoms with van der Waals surface area (Å²) in [5.41, 5.74) is 0. The molecule has 0 heterocycles. The molecular weight excluding hydrogens is 388 g/mol. The Morgan fingerprint density at radius 1 is 0.880 bits per heavy atom. The van der Waals surface area contributed by atoms with Gasteiger partial charge in [0.05, 0.1) is 0 Å². The lowest BCUT2D eigenvalue weighted by Gasteiger charge is -2.43. The fraction of sp³-hybridized carbons (Fsp3) is 0.364. The van der Waals surface area contributed by atoms with Gasteiger partial charge in [-0.05, 0) is 39.7 Å². The minimum absolute atomic E-state index is 0.0610. The first kappa shape index (κ1) is 20.2. The third kappa shape index (κ3) is 4.93. The molecule has 0 saturated carbocycles. The zero-order chi connectivity index (χ0) is 18.2. The van der Waals surface area contributed by atoms with E-state index in [9.17, 15) is 0 Å². The molecular formula is C22H29BrOSi. The Morgan fingerprint density at radius 2 is 1.40 bits per heavy atom. The Kier molecular flexibility index (Phi) is 7.67. The zero-order valence-electron chi connectivity index (χ0n) is 15.5. The number of hydrogen-bond donors (Lipinski definition) is 0. The van der Waals surface area contributed by atoms with E-state index in [4.69, 9.17) is 4.43 Å². The zero-order valence-corrected chi connectivity index (χ0v) is 18.1. The summed E-state index contributed by atoms with van der Waals surface area (Å²) in [7, 11) is -2.35. The SMILES string of the molecule is CC(C)(C)[Si](OCCCC/C=C\Br)(c1ccccc1)c1ccccc1. The first-order valence-electron chi connectivity index (χ1n) is 9.02. The van der Waals surface area contributed by atoms with E-state index in [1.807, 2.05) is 4.99 Å². The standard InChI is InChI=1S/C22H29BrOSi/c1-22(2,3)25(20-14-8-6-9-15-20,21-16-10-7-11-17-21)24-19-13-5-4-12-18-23/h6-12,14-18H,4-5,13,19H2,1-3H3/b18-12-. The highest BCUT2D eigenvalue weighted by atomic mass is 79.9. The topological polar surface area (TPSA) is 9.23 Å². The van der Waals surface area contributed by atoms with Crippen LogP contribution in [0.3, 0.4) is 0 Å². The van der Waals surface area contributed by atoms with Crippen LogP contribution in [-0.4, -0.2) is 14.9 Å². The molecule has 0 radical (unpaired) electrons. The summed E-state index contributed by atoms with van der Waals surface area (Å²) in [4.78, 5) is 1.94. The van der Waals surface area contributed by atoms with Crippen molar-refractivity contribution in [2.45, 2.75) is 45.1 Å². The second kappa shape index (κ2) is 9.51. The van der Waals surface area contributed by atoms with Crippen LogP contribution in [0.5, 0.6) is 0 Å². The highest BCUT2D eigenvalue weighted by molar-refractivity contribution is 9.11. The highest BCUT2D eigenvalue weighted by Gasteiger charge is 2.49. The molecule has 134 valence electrons. The predicted molar refractivity (Wildman–Crippen MR) is 115 cm³/mol. The van der Waals surface area contributed by atoms with Gasteiger partial charge < -0.3 is 4.43 Å². The average molecular weight is 417 g/mol. The first-order chi connectivity index (χ1) is 12.0. The average Bonchev–Trinajstić information content (AvgIpc) is 2.62. The third-order valence-corrected chi connectivity index (χ3v) is 10.0. The van der Waals surface area contributed by atoms with Crippen molar-refractivity contribution in [3.05, 3.63) is 71.7 Å². The van der Waals surface area contributed by atoms with E-state index in [1.165, 1.54) is 10.4 Å². The van der Waals surface area contributed by atoms with Crippen LogP contribution in [0, 0.1) is 0 Å². The van der Waals surface area contributed by atoms with Crippen LogP contribution in [0.4, 0.5) is 0 Å². The maximum absolute atomic E-state index is 6.85. The molecule has 0 aliphatic rings. The van der Waals surface area contributed by atoms with Gasteiger partial charge in [-0.1, -0.05) is 103 Å². The van der Waals surface area contributed by atoms with Crippen molar-refractivity contribution in [1.82, 2.24) is 0 Å². The van der Waals surface area contributed by atoms with Gasteiger partial charge in [-0.15, -0.1) is 0 Å². The molecule has 0 fully saturated rings. The van der Waals surface area contributed by atoms with Gasteiger partial charge in [0.25, 0.3) is 8.32 Å². The molecule has 0 atom stereocenters. The summed E-state index contributed by atoms with van der Waals surface area (Å²) in [6.45, 7) is 7.79. The van der Waals surface area contributed by atoms with Crippen molar-refractivity contribution in [1.29, 1.82) is 0 Å². The van der Waals surface area contributed by atoms with Crippen LogP contribution >= 0.6 is 15.9 Å².